The molecule has 4 nitrogen and oxygen atoms in total. The van der Waals surface area contributed by atoms with Crippen molar-refractivity contribution in [2.75, 3.05) is 12.4 Å². The number of methoxy groups -OCH3 is 1. The Morgan fingerprint density at radius 2 is 1.79 bits per heavy atom. The number of nitrogens with zero attached hydrogens (tertiary/aromatic N) is 2. The number of fused-ring (bicyclic) bond motifs is 1. The van der Waals surface area contributed by atoms with E-state index in [-0.39, 0.29) is 6.04 Å². The maximum Gasteiger partial charge on any atom is 0.416 e. The van der Waals surface area contributed by atoms with Gasteiger partial charge < -0.3 is 10.1 Å². The molecule has 0 atom stereocenters. The number of hydrogen-bond donors (Lipinski definition) is 1. The summed E-state index contributed by atoms with van der Waals surface area (Å²) < 4.78 is 46.9. The Morgan fingerprint density at radius 1 is 1.07 bits per heavy atom. The minimum absolute atomic E-state index is 0.236. The molecule has 1 aliphatic carbocycles. The minimum atomic E-state index is -4.38. The summed E-state index contributed by atoms with van der Waals surface area (Å²) in [4.78, 5) is 0. The van der Waals surface area contributed by atoms with Crippen molar-refractivity contribution in [1.29, 1.82) is 0 Å². The van der Waals surface area contributed by atoms with Crippen LogP contribution < -0.4 is 10.1 Å². The summed E-state index contributed by atoms with van der Waals surface area (Å²) in [6.07, 6.45) is 1.10. The maximum absolute atomic E-state index is 13.3. The van der Waals surface area contributed by atoms with Gasteiger partial charge >= 0.3 is 6.18 Å². The summed E-state index contributed by atoms with van der Waals surface area (Å²) in [5, 5.41) is 8.45. The predicted molar refractivity (Wildman–Crippen MR) is 107 cm³/mol. The highest BCUT2D eigenvalue weighted by Gasteiger charge is 2.31. The molecule has 3 aromatic rings. The van der Waals surface area contributed by atoms with Crippen molar-refractivity contribution in [3.63, 3.8) is 0 Å². The van der Waals surface area contributed by atoms with Crippen LogP contribution >= 0.6 is 0 Å². The van der Waals surface area contributed by atoms with Gasteiger partial charge in [0.25, 0.3) is 0 Å². The molecule has 7 heteroatoms. The second-order valence-electron chi connectivity index (χ2n) is 7.52. The Bertz CT molecular complexity index is 973. The van der Waals surface area contributed by atoms with E-state index in [1.807, 2.05) is 28.9 Å². The fourth-order valence-electron chi connectivity index (χ4n) is 3.98. The summed E-state index contributed by atoms with van der Waals surface area (Å²) >= 11 is 0. The van der Waals surface area contributed by atoms with Gasteiger partial charge in [-0.2, -0.15) is 18.3 Å². The molecule has 1 N–H and O–H groups in total. The van der Waals surface area contributed by atoms with Crippen LogP contribution in [0.5, 0.6) is 5.75 Å². The number of ether oxygens (including phenoxy) is 1. The third kappa shape index (κ3) is 4.18. The standard InChI is InChI=1S/C22H24F3N3O/c1-29-18-10-7-15(8-11-18)14-26-21-19-13-16(22(23,24)25)9-12-20(19)28(27-21)17-5-3-2-4-6-17/h7-13,17H,2-6,14H2,1H3,(H,26,27). The van der Waals surface area contributed by atoms with Crippen LogP contribution in [-0.4, -0.2) is 16.9 Å². The summed E-state index contributed by atoms with van der Waals surface area (Å²) in [5.74, 6) is 1.25. The van der Waals surface area contributed by atoms with Gasteiger partial charge in [-0.05, 0) is 48.7 Å². The molecule has 0 spiro atoms. The fourth-order valence-corrected chi connectivity index (χ4v) is 3.98. The highest BCUT2D eigenvalue weighted by atomic mass is 19.4. The monoisotopic (exact) mass is 403 g/mol. The number of aromatic nitrogens is 2. The Labute approximate surface area is 167 Å². The van der Waals surface area contributed by atoms with Crippen molar-refractivity contribution in [2.45, 2.75) is 50.9 Å². The van der Waals surface area contributed by atoms with Gasteiger partial charge in [0, 0.05) is 11.9 Å². The van der Waals surface area contributed by atoms with Gasteiger partial charge in [0.2, 0.25) is 0 Å². The summed E-state index contributed by atoms with van der Waals surface area (Å²) in [6, 6.07) is 11.7. The highest BCUT2D eigenvalue weighted by molar-refractivity contribution is 5.91. The van der Waals surface area contributed by atoms with Crippen molar-refractivity contribution in [1.82, 2.24) is 9.78 Å². The van der Waals surface area contributed by atoms with E-state index in [1.54, 1.807) is 13.2 Å². The molecule has 1 saturated carbocycles. The van der Waals surface area contributed by atoms with Gasteiger partial charge in [-0.1, -0.05) is 31.4 Å². The first-order chi connectivity index (χ1) is 14.0. The van der Waals surface area contributed by atoms with Crippen LogP contribution in [0.3, 0.4) is 0 Å². The lowest BCUT2D eigenvalue weighted by Gasteiger charge is -2.22. The first-order valence-electron chi connectivity index (χ1n) is 9.92. The van der Waals surface area contributed by atoms with E-state index < -0.39 is 11.7 Å². The Hall–Kier alpha value is -2.70. The van der Waals surface area contributed by atoms with Crippen LogP contribution in [0, 0.1) is 0 Å². The van der Waals surface area contributed by atoms with Gasteiger partial charge in [0.1, 0.15) is 5.75 Å². The van der Waals surface area contributed by atoms with Gasteiger partial charge in [-0.15, -0.1) is 0 Å². The average molecular weight is 403 g/mol. The Morgan fingerprint density at radius 3 is 2.45 bits per heavy atom. The molecular formula is C22H24F3N3O. The molecule has 1 aromatic heterocycles. The van der Waals surface area contributed by atoms with Crippen molar-refractivity contribution in [2.24, 2.45) is 0 Å². The third-order valence-corrected chi connectivity index (χ3v) is 5.57. The third-order valence-electron chi connectivity index (χ3n) is 5.57. The molecule has 1 fully saturated rings. The number of hydrogen-bond acceptors (Lipinski definition) is 3. The van der Waals surface area contributed by atoms with Crippen LogP contribution in [0.1, 0.15) is 49.3 Å². The molecule has 2 aromatic carbocycles. The SMILES string of the molecule is COc1ccc(CNc2nn(C3CCCCC3)c3ccc(C(F)(F)F)cc23)cc1. The first kappa shape index (κ1) is 19.6. The lowest BCUT2D eigenvalue weighted by Crippen LogP contribution is -2.14. The largest absolute Gasteiger partial charge is 0.497 e. The van der Waals surface area contributed by atoms with E-state index in [9.17, 15) is 13.2 Å². The number of nitrogens with one attached hydrogen (secondary N) is 1. The minimum Gasteiger partial charge on any atom is -0.497 e. The van der Waals surface area contributed by atoms with Gasteiger partial charge in [-0.3, -0.25) is 4.68 Å². The molecule has 29 heavy (non-hydrogen) atoms. The maximum atomic E-state index is 13.3. The zero-order valence-corrected chi connectivity index (χ0v) is 16.3. The normalized spacial score (nSPS) is 15.6. The van der Waals surface area contributed by atoms with Gasteiger partial charge in [-0.25, -0.2) is 0 Å². The van der Waals surface area contributed by atoms with Crippen molar-refractivity contribution >= 4 is 16.7 Å². The lowest BCUT2D eigenvalue weighted by atomic mass is 9.95. The average Bonchev–Trinajstić information content (AvgIpc) is 3.10. The van der Waals surface area contributed by atoms with E-state index in [0.29, 0.717) is 17.7 Å². The second-order valence-corrected chi connectivity index (χ2v) is 7.52. The van der Waals surface area contributed by atoms with Crippen molar-refractivity contribution in [3.05, 3.63) is 53.6 Å². The van der Waals surface area contributed by atoms with Crippen molar-refractivity contribution < 1.29 is 17.9 Å². The molecule has 4 rings (SSSR count). The van der Waals surface area contributed by atoms with Crippen molar-refractivity contribution in [3.8, 4) is 5.75 Å². The van der Waals surface area contributed by atoms with Crippen LogP contribution in [0.4, 0.5) is 19.0 Å². The van der Waals surface area contributed by atoms with Crippen LogP contribution in [0.2, 0.25) is 0 Å². The van der Waals surface area contributed by atoms with Crippen LogP contribution in [0.15, 0.2) is 42.5 Å². The molecule has 0 aliphatic heterocycles. The number of alkyl halides is 3. The Kier molecular flexibility index (Phi) is 5.39. The molecule has 154 valence electrons. The molecule has 0 saturated heterocycles. The molecule has 0 unspecified atom stereocenters. The molecule has 0 radical (unpaired) electrons. The summed E-state index contributed by atoms with van der Waals surface area (Å²) in [6.45, 7) is 0.469. The topological polar surface area (TPSA) is 39.1 Å². The molecule has 1 heterocycles. The number of halogens is 3. The fraction of sp³-hybridized carbons (Fsp3) is 0.409. The summed E-state index contributed by atoms with van der Waals surface area (Å²) in [5.41, 5.74) is 1.10. The Balaban J connectivity index is 1.67. The number of anilines is 1. The molecule has 1 aliphatic rings. The number of benzene rings is 2. The van der Waals surface area contributed by atoms with E-state index in [4.69, 9.17) is 9.84 Å². The molecule has 0 amide bonds. The number of rotatable bonds is 5. The van der Waals surface area contributed by atoms with Gasteiger partial charge in [0.05, 0.1) is 24.2 Å². The molecular weight excluding hydrogens is 379 g/mol. The van der Waals surface area contributed by atoms with E-state index in [1.165, 1.54) is 12.5 Å². The van der Waals surface area contributed by atoms with E-state index in [0.717, 1.165) is 48.6 Å². The predicted octanol–water partition coefficient (Wildman–Crippen LogP) is 6.18. The van der Waals surface area contributed by atoms with E-state index in [2.05, 4.69) is 5.32 Å². The van der Waals surface area contributed by atoms with Gasteiger partial charge in [0.15, 0.2) is 5.82 Å². The van der Waals surface area contributed by atoms with Crippen LogP contribution in [-0.2, 0) is 12.7 Å². The zero-order chi connectivity index (χ0) is 20.4. The smallest absolute Gasteiger partial charge is 0.416 e. The summed E-state index contributed by atoms with van der Waals surface area (Å²) in [7, 11) is 1.61. The highest BCUT2D eigenvalue weighted by Crippen LogP contribution is 2.37. The molecule has 0 bridgehead atoms. The zero-order valence-electron chi connectivity index (χ0n) is 16.3. The van der Waals surface area contributed by atoms with E-state index >= 15 is 0 Å². The lowest BCUT2D eigenvalue weighted by molar-refractivity contribution is -0.137. The second kappa shape index (κ2) is 7.97. The van der Waals surface area contributed by atoms with Crippen LogP contribution in [0.25, 0.3) is 10.9 Å². The first-order valence-corrected chi connectivity index (χ1v) is 9.92. The quantitative estimate of drug-likeness (QED) is 0.553.